The number of halogens is 5. The minimum absolute atomic E-state index is 0.0271. The minimum Gasteiger partial charge on any atom is -0.486 e. The molecule has 0 atom stereocenters. The highest BCUT2D eigenvalue weighted by Gasteiger charge is 2.38. The molecule has 0 aromatic heterocycles. The van der Waals surface area contributed by atoms with Gasteiger partial charge in [-0.05, 0) is 35.7 Å². The molecule has 5 nitrogen and oxygen atoms in total. The standard InChI is InChI=1S/C22H19F5N2O3/c23-10-14(11-28-21(31)22(25,26)27)13-32-19-6-5-16(9-18(19)24)20(30)29-8-7-15-3-1-2-4-17(15)12-29/h1-6,9-10H,7-8,11-13H2,(H,28,31)/b14-10+. The molecule has 32 heavy (non-hydrogen) atoms. The Labute approximate surface area is 180 Å². The van der Waals surface area contributed by atoms with Gasteiger partial charge in [-0.15, -0.1) is 0 Å². The Kier molecular flexibility index (Phi) is 7.12. The second kappa shape index (κ2) is 9.80. The van der Waals surface area contributed by atoms with E-state index in [0.717, 1.165) is 17.2 Å². The number of alkyl halides is 3. The first-order valence-electron chi connectivity index (χ1n) is 9.60. The third kappa shape index (κ3) is 5.63. The molecule has 0 radical (unpaired) electrons. The largest absolute Gasteiger partial charge is 0.486 e. The van der Waals surface area contributed by atoms with E-state index in [1.54, 1.807) is 4.90 Å². The van der Waals surface area contributed by atoms with Gasteiger partial charge >= 0.3 is 12.1 Å². The Bertz CT molecular complexity index is 1040. The number of amides is 2. The van der Waals surface area contributed by atoms with Gasteiger partial charge in [0, 0.05) is 30.8 Å². The number of hydrogen-bond acceptors (Lipinski definition) is 3. The number of hydrogen-bond donors (Lipinski definition) is 1. The molecule has 2 amide bonds. The number of benzene rings is 2. The third-order valence-electron chi connectivity index (χ3n) is 4.90. The third-order valence-corrected chi connectivity index (χ3v) is 4.90. The van der Waals surface area contributed by atoms with E-state index in [0.29, 0.717) is 19.5 Å². The average molecular weight is 454 g/mol. The second-order valence-corrected chi connectivity index (χ2v) is 7.13. The van der Waals surface area contributed by atoms with Crippen LogP contribution in [0.2, 0.25) is 0 Å². The van der Waals surface area contributed by atoms with Crippen LogP contribution in [0.15, 0.2) is 54.4 Å². The van der Waals surface area contributed by atoms with Crippen molar-refractivity contribution in [3.05, 3.63) is 76.9 Å². The summed E-state index contributed by atoms with van der Waals surface area (Å²) in [5.74, 6) is -3.78. The van der Waals surface area contributed by atoms with Crippen molar-refractivity contribution in [3.8, 4) is 5.75 Å². The highest BCUT2D eigenvalue weighted by Crippen LogP contribution is 2.23. The van der Waals surface area contributed by atoms with E-state index in [2.05, 4.69) is 0 Å². The van der Waals surface area contributed by atoms with Crippen molar-refractivity contribution in [1.29, 1.82) is 0 Å². The van der Waals surface area contributed by atoms with Crippen LogP contribution >= 0.6 is 0 Å². The van der Waals surface area contributed by atoms with Gasteiger partial charge < -0.3 is 15.0 Å². The maximum atomic E-state index is 14.4. The molecule has 1 aliphatic rings. The molecule has 2 aromatic rings. The first-order chi connectivity index (χ1) is 15.2. The molecule has 0 spiro atoms. The zero-order valence-electron chi connectivity index (χ0n) is 16.7. The normalized spacial score (nSPS) is 14.0. The molecular formula is C22H19F5N2O3. The Morgan fingerprint density at radius 2 is 1.84 bits per heavy atom. The molecule has 0 unspecified atom stereocenters. The second-order valence-electron chi connectivity index (χ2n) is 7.13. The predicted octanol–water partition coefficient (Wildman–Crippen LogP) is 3.93. The fourth-order valence-corrected chi connectivity index (χ4v) is 3.19. The molecular weight excluding hydrogens is 435 g/mol. The van der Waals surface area contributed by atoms with Gasteiger partial charge in [0.15, 0.2) is 11.6 Å². The lowest BCUT2D eigenvalue weighted by atomic mass is 9.99. The van der Waals surface area contributed by atoms with Crippen molar-refractivity contribution in [2.24, 2.45) is 0 Å². The van der Waals surface area contributed by atoms with E-state index in [4.69, 9.17) is 4.74 Å². The van der Waals surface area contributed by atoms with Crippen molar-refractivity contribution in [2.45, 2.75) is 19.1 Å². The van der Waals surface area contributed by atoms with Crippen LogP contribution in [0, 0.1) is 5.82 Å². The summed E-state index contributed by atoms with van der Waals surface area (Å²) in [5.41, 5.74) is 1.95. The summed E-state index contributed by atoms with van der Waals surface area (Å²) in [4.78, 5) is 25.1. The van der Waals surface area contributed by atoms with Gasteiger partial charge in [-0.25, -0.2) is 8.78 Å². The summed E-state index contributed by atoms with van der Waals surface area (Å²) in [6, 6.07) is 11.3. The Hall–Kier alpha value is -3.43. The number of nitrogens with one attached hydrogen (secondary N) is 1. The van der Waals surface area contributed by atoms with Crippen molar-refractivity contribution < 1.29 is 36.3 Å². The van der Waals surface area contributed by atoms with E-state index in [1.807, 2.05) is 24.3 Å². The molecule has 1 aliphatic heterocycles. The maximum absolute atomic E-state index is 14.4. The molecule has 170 valence electrons. The summed E-state index contributed by atoms with van der Waals surface area (Å²) in [6.07, 6.45) is -4.44. The van der Waals surface area contributed by atoms with Crippen LogP contribution in [-0.2, 0) is 17.8 Å². The zero-order valence-corrected chi connectivity index (χ0v) is 16.7. The van der Waals surface area contributed by atoms with Gasteiger partial charge in [-0.2, -0.15) is 13.2 Å². The number of fused-ring (bicyclic) bond motifs is 1. The Balaban J connectivity index is 1.59. The first-order valence-corrected chi connectivity index (χ1v) is 9.60. The van der Waals surface area contributed by atoms with E-state index in [-0.39, 0.29) is 29.1 Å². The van der Waals surface area contributed by atoms with Gasteiger partial charge in [-0.3, -0.25) is 9.59 Å². The van der Waals surface area contributed by atoms with Gasteiger partial charge in [0.2, 0.25) is 0 Å². The fourth-order valence-electron chi connectivity index (χ4n) is 3.19. The number of rotatable bonds is 6. The topological polar surface area (TPSA) is 58.6 Å². The van der Waals surface area contributed by atoms with E-state index >= 15 is 0 Å². The first kappa shape index (κ1) is 23.2. The van der Waals surface area contributed by atoms with Gasteiger partial charge in [-0.1, -0.05) is 24.3 Å². The van der Waals surface area contributed by atoms with Crippen LogP contribution in [0.3, 0.4) is 0 Å². The van der Waals surface area contributed by atoms with Gasteiger partial charge in [0.25, 0.3) is 5.91 Å². The lowest BCUT2D eigenvalue weighted by Gasteiger charge is -2.29. The maximum Gasteiger partial charge on any atom is 0.471 e. The molecule has 2 aromatic carbocycles. The molecule has 0 saturated carbocycles. The number of nitrogens with zero attached hydrogens (tertiary/aromatic N) is 1. The summed E-state index contributed by atoms with van der Waals surface area (Å²) < 4.78 is 68.9. The predicted molar refractivity (Wildman–Crippen MR) is 105 cm³/mol. The lowest BCUT2D eigenvalue weighted by Crippen LogP contribution is -2.38. The van der Waals surface area contributed by atoms with Crippen LogP contribution < -0.4 is 10.1 Å². The van der Waals surface area contributed by atoms with E-state index in [1.165, 1.54) is 17.4 Å². The highest BCUT2D eigenvalue weighted by molar-refractivity contribution is 5.94. The Morgan fingerprint density at radius 1 is 1.12 bits per heavy atom. The summed E-state index contributed by atoms with van der Waals surface area (Å²) in [5, 5.41) is 1.50. The molecule has 0 saturated heterocycles. The fraction of sp³-hybridized carbons (Fsp3) is 0.273. The van der Waals surface area contributed by atoms with Crippen molar-refractivity contribution in [3.63, 3.8) is 0 Å². The van der Waals surface area contributed by atoms with Crippen molar-refractivity contribution >= 4 is 11.8 Å². The van der Waals surface area contributed by atoms with Crippen LogP contribution in [-0.4, -0.2) is 42.6 Å². The molecule has 0 aliphatic carbocycles. The molecule has 1 heterocycles. The summed E-state index contributed by atoms with van der Waals surface area (Å²) >= 11 is 0. The molecule has 1 N–H and O–H groups in total. The Morgan fingerprint density at radius 3 is 2.50 bits per heavy atom. The number of carbonyl (C=O) groups is 2. The van der Waals surface area contributed by atoms with Crippen molar-refractivity contribution in [2.75, 3.05) is 19.7 Å². The van der Waals surface area contributed by atoms with Crippen LogP contribution in [0.5, 0.6) is 5.75 Å². The zero-order chi connectivity index (χ0) is 23.3. The smallest absolute Gasteiger partial charge is 0.471 e. The van der Waals surface area contributed by atoms with Crippen LogP contribution in [0.25, 0.3) is 0 Å². The molecule has 3 rings (SSSR count). The molecule has 0 fully saturated rings. The quantitative estimate of drug-likeness (QED) is 0.673. The lowest BCUT2D eigenvalue weighted by molar-refractivity contribution is -0.173. The van der Waals surface area contributed by atoms with Crippen molar-refractivity contribution in [1.82, 2.24) is 10.2 Å². The summed E-state index contributed by atoms with van der Waals surface area (Å²) in [7, 11) is 0. The van der Waals surface area contributed by atoms with E-state index in [9.17, 15) is 31.5 Å². The molecule has 0 bridgehead atoms. The average Bonchev–Trinajstić information content (AvgIpc) is 2.78. The SMILES string of the molecule is O=C(c1ccc(OC/C(=C/F)CNC(=O)C(F)(F)F)c(F)c1)N1CCc2ccccc2C1. The monoisotopic (exact) mass is 454 g/mol. The summed E-state index contributed by atoms with van der Waals surface area (Å²) in [6.45, 7) is -0.460. The molecule has 10 heteroatoms. The number of ether oxygens (including phenoxy) is 1. The minimum atomic E-state index is -5.10. The van der Waals surface area contributed by atoms with Gasteiger partial charge in [0.05, 0.1) is 6.33 Å². The number of carbonyl (C=O) groups excluding carboxylic acids is 2. The van der Waals surface area contributed by atoms with Gasteiger partial charge in [0.1, 0.15) is 6.61 Å². The highest BCUT2D eigenvalue weighted by atomic mass is 19.4. The van der Waals surface area contributed by atoms with E-state index < -0.39 is 31.1 Å². The van der Waals surface area contributed by atoms with Crippen LogP contribution in [0.4, 0.5) is 22.0 Å². The van der Waals surface area contributed by atoms with Crippen LogP contribution in [0.1, 0.15) is 21.5 Å².